The second kappa shape index (κ2) is 7.94. The molecule has 3 aromatic rings. The number of amides is 1. The van der Waals surface area contributed by atoms with Gasteiger partial charge in [0.05, 0.1) is 19.3 Å². The lowest BCUT2D eigenvalue weighted by Gasteiger charge is -2.33. The number of ether oxygens (including phenoxy) is 2. The van der Waals surface area contributed by atoms with Crippen LogP contribution < -0.4 is 4.74 Å². The van der Waals surface area contributed by atoms with E-state index in [9.17, 15) is 9.18 Å². The summed E-state index contributed by atoms with van der Waals surface area (Å²) in [4.78, 5) is 19.0. The predicted octanol–water partition coefficient (Wildman–Crippen LogP) is 3.60. The van der Waals surface area contributed by atoms with Crippen LogP contribution in [0.3, 0.4) is 0 Å². The van der Waals surface area contributed by atoms with E-state index in [2.05, 4.69) is 4.98 Å². The van der Waals surface area contributed by atoms with E-state index in [1.165, 1.54) is 6.07 Å². The molecule has 1 aromatic heterocycles. The average Bonchev–Trinajstić information content (AvgIpc) is 2.74. The third-order valence-electron chi connectivity index (χ3n) is 4.85. The summed E-state index contributed by atoms with van der Waals surface area (Å²) in [5.41, 5.74) is 1.42. The van der Waals surface area contributed by atoms with Crippen LogP contribution in [0, 0.1) is 12.7 Å². The largest absolute Gasteiger partial charge is 0.489 e. The quantitative estimate of drug-likeness (QED) is 0.694. The van der Waals surface area contributed by atoms with Gasteiger partial charge in [-0.25, -0.2) is 4.39 Å². The van der Waals surface area contributed by atoms with Crippen LogP contribution in [0.4, 0.5) is 4.39 Å². The van der Waals surface area contributed by atoms with E-state index in [1.807, 2.05) is 25.1 Å². The number of fused-ring (bicyclic) bond motifs is 1. The number of hydrogen-bond donors (Lipinski definition) is 0. The first-order valence-corrected chi connectivity index (χ1v) is 9.25. The highest BCUT2D eigenvalue weighted by molar-refractivity contribution is 6.07. The summed E-state index contributed by atoms with van der Waals surface area (Å²) in [7, 11) is 0. The molecule has 1 aliphatic heterocycles. The molecular formula is C22H21FN2O3. The molecule has 5 nitrogen and oxygen atoms in total. The molecule has 6 heteroatoms. The lowest BCUT2D eigenvalue weighted by atomic mass is 10.0. The van der Waals surface area contributed by atoms with Crippen LogP contribution in [0.2, 0.25) is 0 Å². The Bertz CT molecular complexity index is 991. The molecule has 0 spiro atoms. The van der Waals surface area contributed by atoms with E-state index in [1.54, 1.807) is 35.4 Å². The molecule has 1 atom stereocenters. The topological polar surface area (TPSA) is 51.7 Å². The lowest BCUT2D eigenvalue weighted by Crippen LogP contribution is -2.47. The molecular weight excluding hydrogens is 359 g/mol. The molecule has 0 saturated carbocycles. The Balaban J connectivity index is 1.46. The maximum absolute atomic E-state index is 14.1. The van der Waals surface area contributed by atoms with Crippen molar-refractivity contribution in [2.45, 2.75) is 13.0 Å². The molecule has 1 saturated heterocycles. The number of halogens is 1. The van der Waals surface area contributed by atoms with Gasteiger partial charge in [-0.1, -0.05) is 24.3 Å². The fourth-order valence-electron chi connectivity index (χ4n) is 3.35. The molecule has 1 amide bonds. The van der Waals surface area contributed by atoms with Crippen molar-refractivity contribution >= 4 is 16.7 Å². The minimum Gasteiger partial charge on any atom is -0.489 e. The summed E-state index contributed by atoms with van der Waals surface area (Å²) in [6, 6.07) is 13.7. The fraction of sp³-hybridized carbons (Fsp3) is 0.273. The summed E-state index contributed by atoms with van der Waals surface area (Å²) in [5.74, 6) is 0.218. The van der Waals surface area contributed by atoms with Crippen molar-refractivity contribution in [2.24, 2.45) is 0 Å². The van der Waals surface area contributed by atoms with Gasteiger partial charge in [-0.05, 0) is 36.6 Å². The van der Waals surface area contributed by atoms with Crippen molar-refractivity contribution in [3.05, 3.63) is 71.8 Å². The van der Waals surface area contributed by atoms with Gasteiger partial charge in [0.15, 0.2) is 0 Å². The molecule has 1 aliphatic rings. The number of morpholine rings is 1. The van der Waals surface area contributed by atoms with Crippen molar-refractivity contribution in [2.75, 3.05) is 26.3 Å². The van der Waals surface area contributed by atoms with Crippen molar-refractivity contribution in [3.63, 3.8) is 0 Å². The van der Waals surface area contributed by atoms with Crippen LogP contribution in [0.1, 0.15) is 16.1 Å². The monoisotopic (exact) mass is 380 g/mol. The highest BCUT2D eigenvalue weighted by atomic mass is 19.1. The number of aryl methyl sites for hydroxylation is 1. The molecule has 0 aliphatic carbocycles. The van der Waals surface area contributed by atoms with E-state index in [-0.39, 0.29) is 17.8 Å². The number of benzene rings is 2. The number of hydrogen-bond acceptors (Lipinski definition) is 4. The van der Waals surface area contributed by atoms with Gasteiger partial charge in [-0.3, -0.25) is 9.78 Å². The zero-order chi connectivity index (χ0) is 19.5. The van der Waals surface area contributed by atoms with Crippen molar-refractivity contribution in [3.8, 4) is 5.75 Å². The van der Waals surface area contributed by atoms with Gasteiger partial charge in [0.1, 0.15) is 24.3 Å². The molecule has 28 heavy (non-hydrogen) atoms. The summed E-state index contributed by atoms with van der Waals surface area (Å²) in [6.07, 6.45) is 1.44. The van der Waals surface area contributed by atoms with Crippen LogP contribution >= 0.6 is 0 Å². The number of pyridine rings is 1. The Kier molecular flexibility index (Phi) is 5.21. The summed E-state index contributed by atoms with van der Waals surface area (Å²) < 4.78 is 25.5. The first-order valence-electron chi connectivity index (χ1n) is 9.25. The Hall–Kier alpha value is -2.99. The summed E-state index contributed by atoms with van der Waals surface area (Å²) in [6.45, 7) is 3.59. The smallest absolute Gasteiger partial charge is 0.254 e. The van der Waals surface area contributed by atoms with E-state index in [0.717, 1.165) is 5.69 Å². The van der Waals surface area contributed by atoms with Crippen molar-refractivity contribution in [1.29, 1.82) is 0 Å². The Morgan fingerprint density at radius 3 is 2.82 bits per heavy atom. The first-order chi connectivity index (χ1) is 13.6. The number of rotatable bonds is 4. The molecule has 0 radical (unpaired) electrons. The maximum atomic E-state index is 14.1. The minimum atomic E-state index is -0.327. The first kappa shape index (κ1) is 18.4. The molecule has 1 unspecified atom stereocenters. The van der Waals surface area contributed by atoms with E-state index in [4.69, 9.17) is 9.47 Å². The predicted molar refractivity (Wildman–Crippen MR) is 104 cm³/mol. The molecule has 0 N–H and O–H groups in total. The van der Waals surface area contributed by atoms with Crippen molar-refractivity contribution < 1.29 is 18.7 Å². The van der Waals surface area contributed by atoms with Gasteiger partial charge >= 0.3 is 0 Å². The zero-order valence-electron chi connectivity index (χ0n) is 15.6. The van der Waals surface area contributed by atoms with Crippen LogP contribution in [0.5, 0.6) is 5.75 Å². The number of carbonyl (C=O) groups is 1. The average molecular weight is 380 g/mol. The van der Waals surface area contributed by atoms with Crippen LogP contribution in [-0.2, 0) is 4.74 Å². The SMILES string of the molecule is Cc1ccc(OCC2CN(C(=O)c3ccc(F)c4ccccc34)CCO2)cn1. The van der Waals surface area contributed by atoms with Crippen LogP contribution in [-0.4, -0.2) is 48.2 Å². The summed E-state index contributed by atoms with van der Waals surface area (Å²) >= 11 is 0. The molecule has 2 heterocycles. The van der Waals surface area contributed by atoms with Gasteiger partial charge in [0, 0.05) is 23.2 Å². The lowest BCUT2D eigenvalue weighted by molar-refractivity contribution is -0.0401. The van der Waals surface area contributed by atoms with Crippen LogP contribution in [0.25, 0.3) is 10.8 Å². The van der Waals surface area contributed by atoms with Gasteiger partial charge in [-0.15, -0.1) is 0 Å². The minimum absolute atomic E-state index is 0.124. The number of carbonyl (C=O) groups excluding carboxylic acids is 1. The van der Waals surface area contributed by atoms with Gasteiger partial charge in [0.25, 0.3) is 5.91 Å². The normalized spacial score (nSPS) is 16.9. The molecule has 144 valence electrons. The second-order valence-electron chi connectivity index (χ2n) is 6.83. The fourth-order valence-corrected chi connectivity index (χ4v) is 3.35. The van der Waals surface area contributed by atoms with E-state index in [0.29, 0.717) is 48.4 Å². The Morgan fingerprint density at radius 1 is 1.21 bits per heavy atom. The Morgan fingerprint density at radius 2 is 2.04 bits per heavy atom. The van der Waals surface area contributed by atoms with Gasteiger partial charge < -0.3 is 14.4 Å². The highest BCUT2D eigenvalue weighted by Gasteiger charge is 2.26. The highest BCUT2D eigenvalue weighted by Crippen LogP contribution is 2.24. The standard InChI is InChI=1S/C22H21FN2O3/c1-15-6-7-16(12-24-15)28-14-17-13-25(10-11-27-17)22(26)20-8-9-21(23)19-5-3-2-4-18(19)20/h2-9,12,17H,10-11,13-14H2,1H3. The van der Waals surface area contributed by atoms with Gasteiger partial charge in [0.2, 0.25) is 0 Å². The van der Waals surface area contributed by atoms with Crippen molar-refractivity contribution in [1.82, 2.24) is 9.88 Å². The molecule has 0 bridgehead atoms. The van der Waals surface area contributed by atoms with E-state index < -0.39 is 0 Å². The van der Waals surface area contributed by atoms with Crippen LogP contribution in [0.15, 0.2) is 54.7 Å². The molecule has 1 fully saturated rings. The van der Waals surface area contributed by atoms with E-state index >= 15 is 0 Å². The Labute approximate surface area is 162 Å². The summed E-state index contributed by atoms with van der Waals surface area (Å²) in [5, 5.41) is 1.07. The number of nitrogens with zero attached hydrogens (tertiary/aromatic N) is 2. The third-order valence-corrected chi connectivity index (χ3v) is 4.85. The molecule has 4 rings (SSSR count). The maximum Gasteiger partial charge on any atom is 0.254 e. The zero-order valence-corrected chi connectivity index (χ0v) is 15.6. The molecule has 2 aromatic carbocycles. The van der Waals surface area contributed by atoms with Gasteiger partial charge in [-0.2, -0.15) is 0 Å². The number of aromatic nitrogens is 1. The second-order valence-corrected chi connectivity index (χ2v) is 6.83. The third kappa shape index (κ3) is 3.82.